The van der Waals surface area contributed by atoms with Crippen LogP contribution in [0.3, 0.4) is 0 Å². The van der Waals surface area contributed by atoms with E-state index >= 15 is 0 Å². The van der Waals surface area contributed by atoms with E-state index in [0.29, 0.717) is 10.5 Å². The molecule has 1 aromatic heterocycles. The van der Waals surface area contributed by atoms with E-state index in [1.54, 1.807) is 18.2 Å². The van der Waals surface area contributed by atoms with Gasteiger partial charge in [0.05, 0.1) is 11.4 Å². The minimum absolute atomic E-state index is 0.131. The highest BCUT2D eigenvalue weighted by atomic mass is 32.2. The molecule has 2 amide bonds. The average Bonchev–Trinajstić information content (AvgIpc) is 3.18. The summed E-state index contributed by atoms with van der Waals surface area (Å²) in [6, 6.07) is 17.7. The van der Waals surface area contributed by atoms with E-state index in [1.807, 2.05) is 54.1 Å². The minimum Gasteiger partial charge on any atom is -0.321 e. The number of hydrogen-bond donors (Lipinski definition) is 0. The number of aryl methyl sites for hydroxylation is 1. The third kappa shape index (κ3) is 3.64. The molecule has 2 heterocycles. The summed E-state index contributed by atoms with van der Waals surface area (Å²) in [5.74, 6) is -0.680. The molecule has 4 rings (SSSR count). The summed E-state index contributed by atoms with van der Waals surface area (Å²) < 4.78 is 15.1. The van der Waals surface area contributed by atoms with Crippen LogP contribution in [0.2, 0.25) is 0 Å². The molecule has 0 saturated carbocycles. The molecule has 2 aromatic carbocycles. The molecule has 1 fully saturated rings. The second kappa shape index (κ2) is 7.48. The zero-order chi connectivity index (χ0) is 19.7. The van der Waals surface area contributed by atoms with Crippen molar-refractivity contribution in [2.75, 3.05) is 0 Å². The zero-order valence-electron chi connectivity index (χ0n) is 15.1. The molecule has 0 atom stereocenters. The monoisotopic (exact) mass is 392 g/mol. The fraction of sp³-hybridized carbons (Fsp3) is 0.0909. The minimum atomic E-state index is -0.351. The van der Waals surface area contributed by atoms with Crippen LogP contribution in [-0.4, -0.2) is 20.6 Å². The van der Waals surface area contributed by atoms with Gasteiger partial charge in [0.15, 0.2) is 0 Å². The standard InChI is InChI=1S/C22H17FN2O2S/c1-15-11-17(14-24(15)19-5-3-2-4-6-19)12-20-21(26)25(22(27)28-20)13-16-7-9-18(23)10-8-16/h2-12,14H,13H2,1H3/b20-12+. The lowest BCUT2D eigenvalue weighted by Crippen LogP contribution is -2.27. The molecule has 1 saturated heterocycles. The Hall–Kier alpha value is -3.12. The first-order valence-corrected chi connectivity index (χ1v) is 9.57. The van der Waals surface area contributed by atoms with Crippen molar-refractivity contribution in [1.29, 1.82) is 0 Å². The molecule has 28 heavy (non-hydrogen) atoms. The fourth-order valence-corrected chi connectivity index (χ4v) is 3.94. The second-order valence-corrected chi connectivity index (χ2v) is 7.51. The van der Waals surface area contributed by atoms with E-state index in [9.17, 15) is 14.0 Å². The number of halogens is 1. The summed E-state index contributed by atoms with van der Waals surface area (Å²) in [4.78, 5) is 26.6. The molecule has 0 bridgehead atoms. The highest BCUT2D eigenvalue weighted by Crippen LogP contribution is 2.33. The normalized spacial score (nSPS) is 15.6. The van der Waals surface area contributed by atoms with E-state index in [1.165, 1.54) is 17.0 Å². The number of carbonyl (C=O) groups excluding carboxylic acids is 2. The molecule has 0 spiro atoms. The Morgan fingerprint density at radius 3 is 2.46 bits per heavy atom. The highest BCUT2D eigenvalue weighted by Gasteiger charge is 2.35. The van der Waals surface area contributed by atoms with Gasteiger partial charge in [0.2, 0.25) is 0 Å². The Morgan fingerprint density at radius 2 is 1.75 bits per heavy atom. The van der Waals surface area contributed by atoms with Crippen molar-refractivity contribution in [2.24, 2.45) is 0 Å². The number of hydrogen-bond acceptors (Lipinski definition) is 3. The van der Waals surface area contributed by atoms with Crippen molar-refractivity contribution in [2.45, 2.75) is 13.5 Å². The van der Waals surface area contributed by atoms with Gasteiger partial charge in [-0.3, -0.25) is 14.5 Å². The highest BCUT2D eigenvalue weighted by molar-refractivity contribution is 8.18. The number of thioether (sulfide) groups is 1. The van der Waals surface area contributed by atoms with Gasteiger partial charge in [-0.15, -0.1) is 0 Å². The Labute approximate surface area is 166 Å². The molecular formula is C22H17FN2O2S. The van der Waals surface area contributed by atoms with Gasteiger partial charge in [-0.05, 0) is 66.2 Å². The quantitative estimate of drug-likeness (QED) is 0.576. The Morgan fingerprint density at radius 1 is 1.04 bits per heavy atom. The van der Waals surface area contributed by atoms with Crippen LogP contribution in [0.1, 0.15) is 16.8 Å². The van der Waals surface area contributed by atoms with Gasteiger partial charge in [-0.2, -0.15) is 0 Å². The third-order valence-electron chi connectivity index (χ3n) is 4.49. The van der Waals surface area contributed by atoms with E-state index < -0.39 is 0 Å². The molecule has 0 aliphatic carbocycles. The molecule has 0 N–H and O–H groups in total. The number of benzene rings is 2. The summed E-state index contributed by atoms with van der Waals surface area (Å²) in [5.41, 5.74) is 3.62. The topological polar surface area (TPSA) is 42.3 Å². The van der Waals surface area contributed by atoms with Crippen molar-refractivity contribution < 1.29 is 14.0 Å². The molecule has 1 aliphatic rings. The van der Waals surface area contributed by atoms with Crippen LogP contribution in [0, 0.1) is 12.7 Å². The Kier molecular flexibility index (Phi) is 4.88. The van der Waals surface area contributed by atoms with Gasteiger partial charge in [-0.1, -0.05) is 30.3 Å². The van der Waals surface area contributed by atoms with Crippen LogP contribution in [0.5, 0.6) is 0 Å². The van der Waals surface area contributed by atoms with Crippen molar-refractivity contribution in [3.05, 3.63) is 94.4 Å². The van der Waals surface area contributed by atoms with Gasteiger partial charge in [-0.25, -0.2) is 4.39 Å². The fourth-order valence-electron chi connectivity index (χ4n) is 3.10. The molecule has 4 nitrogen and oxygen atoms in total. The van der Waals surface area contributed by atoms with Gasteiger partial charge in [0, 0.05) is 17.6 Å². The molecule has 140 valence electrons. The lowest BCUT2D eigenvalue weighted by molar-refractivity contribution is -0.123. The van der Waals surface area contributed by atoms with Gasteiger partial charge in [0.1, 0.15) is 5.82 Å². The van der Waals surface area contributed by atoms with Gasteiger partial charge in [0.25, 0.3) is 11.1 Å². The number of nitrogens with zero attached hydrogens (tertiary/aromatic N) is 2. The van der Waals surface area contributed by atoms with Crippen molar-refractivity contribution in [3.63, 3.8) is 0 Å². The molecule has 1 aliphatic heterocycles. The average molecular weight is 392 g/mol. The van der Waals surface area contributed by atoms with Crippen LogP contribution in [0.4, 0.5) is 9.18 Å². The summed E-state index contributed by atoms with van der Waals surface area (Å²) in [6.45, 7) is 2.12. The smallest absolute Gasteiger partial charge is 0.293 e. The predicted molar refractivity (Wildman–Crippen MR) is 108 cm³/mol. The number of aromatic nitrogens is 1. The van der Waals surface area contributed by atoms with Crippen LogP contribution in [-0.2, 0) is 11.3 Å². The molecule has 3 aromatic rings. The van der Waals surface area contributed by atoms with Crippen molar-refractivity contribution in [1.82, 2.24) is 9.47 Å². The number of carbonyl (C=O) groups is 2. The Bertz CT molecular complexity index is 1070. The van der Waals surface area contributed by atoms with Crippen LogP contribution in [0.15, 0.2) is 71.8 Å². The van der Waals surface area contributed by atoms with E-state index in [-0.39, 0.29) is 23.5 Å². The maximum atomic E-state index is 13.1. The maximum absolute atomic E-state index is 13.1. The first-order chi connectivity index (χ1) is 13.5. The van der Waals surface area contributed by atoms with Gasteiger partial charge >= 0.3 is 0 Å². The predicted octanol–water partition coefficient (Wildman–Crippen LogP) is 5.16. The van der Waals surface area contributed by atoms with Crippen molar-refractivity contribution in [3.8, 4) is 5.69 Å². The van der Waals surface area contributed by atoms with Crippen LogP contribution in [0.25, 0.3) is 11.8 Å². The molecule has 0 radical (unpaired) electrons. The zero-order valence-corrected chi connectivity index (χ0v) is 15.9. The second-order valence-electron chi connectivity index (χ2n) is 6.51. The van der Waals surface area contributed by atoms with E-state index in [4.69, 9.17) is 0 Å². The summed E-state index contributed by atoms with van der Waals surface area (Å²) >= 11 is 0.925. The maximum Gasteiger partial charge on any atom is 0.293 e. The van der Waals surface area contributed by atoms with E-state index in [0.717, 1.165) is 28.7 Å². The molecular weight excluding hydrogens is 375 g/mol. The van der Waals surface area contributed by atoms with Crippen molar-refractivity contribution >= 4 is 29.0 Å². The third-order valence-corrected chi connectivity index (χ3v) is 5.40. The Balaban J connectivity index is 1.57. The number of imide groups is 1. The first-order valence-electron chi connectivity index (χ1n) is 8.75. The van der Waals surface area contributed by atoms with E-state index in [2.05, 4.69) is 0 Å². The number of rotatable bonds is 4. The SMILES string of the molecule is Cc1cc(/C=C2/SC(=O)N(Cc3ccc(F)cc3)C2=O)cn1-c1ccccc1. The lowest BCUT2D eigenvalue weighted by atomic mass is 10.2. The summed E-state index contributed by atoms with van der Waals surface area (Å²) in [5, 5.41) is -0.320. The van der Waals surface area contributed by atoms with Crippen LogP contribution < -0.4 is 0 Å². The largest absolute Gasteiger partial charge is 0.321 e. The molecule has 6 heteroatoms. The van der Waals surface area contributed by atoms with Crippen LogP contribution >= 0.6 is 11.8 Å². The first kappa shape index (κ1) is 18.3. The lowest BCUT2D eigenvalue weighted by Gasteiger charge is -2.12. The summed E-state index contributed by atoms with van der Waals surface area (Å²) in [7, 11) is 0. The number of amides is 2. The van der Waals surface area contributed by atoms with Gasteiger partial charge < -0.3 is 4.57 Å². The number of para-hydroxylation sites is 1. The molecule has 0 unspecified atom stereocenters. The summed E-state index contributed by atoms with van der Waals surface area (Å²) in [6.07, 6.45) is 3.68.